The fraction of sp³-hybridized carbons (Fsp3) is 0.234. The third-order valence-corrected chi connectivity index (χ3v) is 11.3. The lowest BCUT2D eigenvalue weighted by Gasteiger charge is -2.17. The van der Waals surface area contributed by atoms with Gasteiger partial charge in [-0.3, -0.25) is 28.8 Å². The molecule has 0 aromatic heterocycles. The Bertz CT molecular complexity index is 2820. The highest BCUT2D eigenvalue weighted by atomic mass is 35.5. The minimum absolute atomic E-state index is 0.0271. The molecule has 4 N–H and O–H groups in total. The first-order valence-electron chi connectivity index (χ1n) is 20.3. The Morgan fingerprint density at radius 3 is 1.41 bits per heavy atom. The standard InChI is InChI=1S/C47H43Cl5N8O8/c1-23(49)40-36(9-7-11-38(40)67-5)55-44(63)31-20-29(13-16-33(31)51)57-59-42(25(3)61)46(65)53-28-15-18-35(27(19-28)22-48)54-47(66)43(26(4)62)60-58-30-14-17-34(52)32(21-30)45(64)56-37-10-8-12-39(68-6)41(37)24(2)50/h7-21,23-24,42-43H,22H2,1-6H3,(H,53,65)(H,54,66)(H,55,63)(H,56,64). The van der Waals surface area contributed by atoms with Crippen LogP contribution >= 0.6 is 58.0 Å². The fourth-order valence-electron chi connectivity index (χ4n) is 6.56. The predicted octanol–water partition coefficient (Wildman–Crippen LogP) is 12.2. The highest BCUT2D eigenvalue weighted by molar-refractivity contribution is 6.35. The van der Waals surface area contributed by atoms with Gasteiger partial charge in [0.25, 0.3) is 23.6 Å². The van der Waals surface area contributed by atoms with Crippen LogP contribution in [0.5, 0.6) is 11.5 Å². The molecule has 0 aliphatic carbocycles. The van der Waals surface area contributed by atoms with Crippen LogP contribution in [-0.4, -0.2) is 61.5 Å². The van der Waals surface area contributed by atoms with E-state index in [-0.39, 0.29) is 49.8 Å². The van der Waals surface area contributed by atoms with Gasteiger partial charge in [0.05, 0.1) is 57.5 Å². The SMILES string of the molecule is COc1cccc(NC(=O)c2cc(N=NC(C(C)=O)C(=O)Nc3ccc(NC(=O)C(N=Nc4ccc(Cl)c(C(=O)Nc5cccc(OC)c5C(C)Cl)c4)C(C)=O)c(CCl)c3)ccc2Cl)c1C(C)Cl. The number of ketones is 2. The van der Waals surface area contributed by atoms with Crippen molar-refractivity contribution in [3.8, 4) is 11.5 Å². The molecule has 0 aliphatic rings. The minimum Gasteiger partial charge on any atom is -0.496 e. The van der Waals surface area contributed by atoms with Crippen molar-refractivity contribution in [2.75, 3.05) is 35.5 Å². The Labute approximate surface area is 416 Å². The zero-order valence-corrected chi connectivity index (χ0v) is 40.9. The summed E-state index contributed by atoms with van der Waals surface area (Å²) in [5.41, 5.74) is 2.90. The average Bonchev–Trinajstić information content (AvgIpc) is 3.29. The molecule has 0 radical (unpaired) electrons. The van der Waals surface area contributed by atoms with Gasteiger partial charge >= 0.3 is 0 Å². The van der Waals surface area contributed by atoms with Crippen LogP contribution in [0.4, 0.5) is 34.1 Å². The molecule has 4 unspecified atom stereocenters. The summed E-state index contributed by atoms with van der Waals surface area (Å²) in [7, 11) is 2.97. The lowest BCUT2D eigenvalue weighted by atomic mass is 10.1. The molecule has 0 saturated heterocycles. The summed E-state index contributed by atoms with van der Waals surface area (Å²) in [6.45, 7) is 5.77. The fourth-order valence-corrected chi connectivity index (χ4v) is 7.64. The number of carbonyl (C=O) groups is 6. The van der Waals surface area contributed by atoms with Crippen LogP contribution in [0.2, 0.25) is 10.0 Å². The van der Waals surface area contributed by atoms with Gasteiger partial charge in [-0.25, -0.2) is 0 Å². The predicted molar refractivity (Wildman–Crippen MR) is 265 cm³/mol. The molecular weight excluding hydrogens is 982 g/mol. The molecule has 0 saturated carbocycles. The number of Topliss-reactive ketones (excluding diaryl/α,β-unsaturated/α-hetero) is 2. The second-order valence-electron chi connectivity index (χ2n) is 14.8. The van der Waals surface area contributed by atoms with Crippen molar-refractivity contribution in [1.29, 1.82) is 0 Å². The summed E-state index contributed by atoms with van der Waals surface area (Å²) in [4.78, 5) is 78.9. The van der Waals surface area contributed by atoms with Gasteiger partial charge in [0.1, 0.15) is 11.5 Å². The summed E-state index contributed by atoms with van der Waals surface area (Å²) < 4.78 is 10.8. The molecule has 354 valence electrons. The van der Waals surface area contributed by atoms with E-state index in [9.17, 15) is 28.8 Å². The number of halogens is 5. The number of rotatable bonds is 19. The van der Waals surface area contributed by atoms with E-state index in [1.165, 1.54) is 68.8 Å². The number of carbonyl (C=O) groups excluding carboxylic acids is 6. The van der Waals surface area contributed by atoms with Crippen molar-refractivity contribution in [2.45, 2.75) is 56.4 Å². The van der Waals surface area contributed by atoms with Gasteiger partial charge in [-0.2, -0.15) is 20.5 Å². The highest BCUT2D eigenvalue weighted by Crippen LogP contribution is 2.38. The second-order valence-corrected chi connectivity index (χ2v) is 17.1. The number of hydrogen-bond acceptors (Lipinski definition) is 12. The van der Waals surface area contributed by atoms with Crippen LogP contribution in [0.25, 0.3) is 0 Å². The van der Waals surface area contributed by atoms with Crippen molar-refractivity contribution < 1.29 is 38.2 Å². The molecule has 5 aromatic rings. The quantitative estimate of drug-likeness (QED) is 0.0353. The summed E-state index contributed by atoms with van der Waals surface area (Å²) in [6, 6.07) is 19.6. The number of benzene rings is 5. The number of methoxy groups -OCH3 is 2. The average molecular weight is 1030 g/mol. The molecular formula is C47H43Cl5N8O8. The topological polar surface area (TPSA) is 218 Å². The van der Waals surface area contributed by atoms with Gasteiger partial charge < -0.3 is 30.7 Å². The maximum absolute atomic E-state index is 13.4. The zero-order valence-electron chi connectivity index (χ0n) is 37.1. The molecule has 0 fully saturated rings. The van der Waals surface area contributed by atoms with Crippen molar-refractivity contribution in [1.82, 2.24) is 0 Å². The lowest BCUT2D eigenvalue weighted by Crippen LogP contribution is -2.32. The van der Waals surface area contributed by atoms with E-state index >= 15 is 0 Å². The molecule has 5 rings (SSSR count). The number of anilines is 4. The lowest BCUT2D eigenvalue weighted by molar-refractivity contribution is -0.127. The first-order chi connectivity index (χ1) is 32.4. The van der Waals surface area contributed by atoms with Crippen molar-refractivity contribution in [3.05, 3.63) is 129 Å². The van der Waals surface area contributed by atoms with Crippen molar-refractivity contribution >= 4 is 127 Å². The largest absolute Gasteiger partial charge is 0.496 e. The second kappa shape index (κ2) is 24.0. The van der Waals surface area contributed by atoms with Gasteiger partial charge in [0.2, 0.25) is 12.1 Å². The van der Waals surface area contributed by atoms with Gasteiger partial charge in [-0.1, -0.05) is 35.3 Å². The highest BCUT2D eigenvalue weighted by Gasteiger charge is 2.27. The molecule has 0 aliphatic heterocycles. The smallest absolute Gasteiger partial charge is 0.258 e. The van der Waals surface area contributed by atoms with Gasteiger partial charge in [0, 0.05) is 39.8 Å². The maximum Gasteiger partial charge on any atom is 0.258 e. The summed E-state index contributed by atoms with van der Waals surface area (Å²) in [5.74, 6) is -3.38. The van der Waals surface area contributed by atoms with Gasteiger partial charge in [-0.05, 0) is 112 Å². The monoisotopic (exact) mass is 1020 g/mol. The van der Waals surface area contributed by atoms with Crippen LogP contribution in [0.3, 0.4) is 0 Å². The van der Waals surface area contributed by atoms with E-state index < -0.39 is 58.0 Å². The molecule has 0 spiro atoms. The Hall–Kier alpha value is -6.43. The third-order valence-electron chi connectivity index (χ3n) is 9.87. The van der Waals surface area contributed by atoms with E-state index in [1.54, 1.807) is 50.2 Å². The molecule has 68 heavy (non-hydrogen) atoms. The van der Waals surface area contributed by atoms with Crippen LogP contribution in [0.15, 0.2) is 111 Å². The minimum atomic E-state index is -1.62. The van der Waals surface area contributed by atoms with Crippen LogP contribution in [-0.2, 0) is 25.1 Å². The Morgan fingerprint density at radius 1 is 0.574 bits per heavy atom. The third kappa shape index (κ3) is 13.2. The molecule has 4 amide bonds. The van der Waals surface area contributed by atoms with Gasteiger partial charge in [0.15, 0.2) is 11.6 Å². The summed E-state index contributed by atoms with van der Waals surface area (Å²) in [5, 5.41) is 26.1. The first kappa shape index (κ1) is 52.5. The number of nitrogens with zero attached hydrogens (tertiary/aromatic N) is 4. The first-order valence-corrected chi connectivity index (χ1v) is 22.5. The summed E-state index contributed by atoms with van der Waals surface area (Å²) in [6.07, 6.45) is 0. The van der Waals surface area contributed by atoms with E-state index in [1.807, 2.05) is 0 Å². The molecule has 0 heterocycles. The summed E-state index contributed by atoms with van der Waals surface area (Å²) >= 11 is 31.8. The molecule has 5 aromatic carbocycles. The maximum atomic E-state index is 13.4. The number of amides is 4. The van der Waals surface area contributed by atoms with Crippen LogP contribution < -0.4 is 30.7 Å². The van der Waals surface area contributed by atoms with E-state index in [2.05, 4.69) is 41.7 Å². The molecule has 4 atom stereocenters. The molecule has 21 heteroatoms. The molecule has 16 nitrogen and oxygen atoms in total. The number of nitrogens with one attached hydrogen (secondary N) is 4. The van der Waals surface area contributed by atoms with Crippen LogP contribution in [0.1, 0.15) is 75.9 Å². The Morgan fingerprint density at radius 2 is 1.01 bits per heavy atom. The normalized spacial score (nSPS) is 13.0. The van der Waals surface area contributed by atoms with Crippen LogP contribution in [0, 0.1) is 0 Å². The number of azo groups is 2. The number of hydrogen-bond donors (Lipinski definition) is 4. The Kier molecular flexibility index (Phi) is 18.6. The van der Waals surface area contributed by atoms with Crippen molar-refractivity contribution in [3.63, 3.8) is 0 Å². The van der Waals surface area contributed by atoms with E-state index in [0.717, 1.165) is 13.8 Å². The van der Waals surface area contributed by atoms with Crippen molar-refractivity contribution in [2.24, 2.45) is 20.5 Å². The number of ether oxygens (including phenoxy) is 2. The zero-order chi connectivity index (χ0) is 49.8. The number of alkyl halides is 3. The van der Waals surface area contributed by atoms with E-state index in [0.29, 0.717) is 39.6 Å². The van der Waals surface area contributed by atoms with E-state index in [4.69, 9.17) is 67.5 Å². The Balaban J connectivity index is 1.27. The molecule has 0 bridgehead atoms. The van der Waals surface area contributed by atoms with Gasteiger partial charge in [-0.15, -0.1) is 34.8 Å².